The summed E-state index contributed by atoms with van der Waals surface area (Å²) < 4.78 is 113. The third kappa shape index (κ3) is 7.94. The zero-order valence-electron chi connectivity index (χ0n) is 25.1. The minimum atomic E-state index is -4.78. The maximum absolute atomic E-state index is 14.0. The summed E-state index contributed by atoms with van der Waals surface area (Å²) in [5.41, 5.74) is -2.60. The highest BCUT2D eigenvalue weighted by Gasteiger charge is 2.34. The van der Waals surface area contributed by atoms with Gasteiger partial charge in [0.05, 0.1) is 16.8 Å². The van der Waals surface area contributed by atoms with E-state index in [1.165, 1.54) is 23.7 Å². The number of nitrogens with one attached hydrogen (secondary N) is 3. The molecule has 9 nitrogen and oxygen atoms in total. The van der Waals surface area contributed by atoms with Gasteiger partial charge in [-0.3, -0.25) is 14.2 Å². The second kappa shape index (κ2) is 13.6. The number of carbonyl (C=O) groups is 2. The molecule has 5 rings (SSSR count). The molecule has 1 saturated carbocycles. The number of benzene rings is 2. The predicted molar refractivity (Wildman–Crippen MR) is 158 cm³/mol. The number of aromatic nitrogens is 3. The molecule has 0 aliphatic heterocycles. The summed E-state index contributed by atoms with van der Waals surface area (Å²) in [5, 5.41) is 7.72. The normalized spacial score (nSPS) is 14.0. The van der Waals surface area contributed by atoms with Crippen LogP contribution in [0.2, 0.25) is 0 Å². The van der Waals surface area contributed by atoms with Crippen LogP contribution < -0.4 is 20.7 Å². The molecule has 0 unspecified atom stereocenters. The van der Waals surface area contributed by atoms with E-state index in [1.807, 2.05) is 0 Å². The lowest BCUT2D eigenvalue weighted by atomic mass is 10.1. The first-order chi connectivity index (χ1) is 22.6. The maximum atomic E-state index is 14.0. The van der Waals surface area contributed by atoms with Gasteiger partial charge in [0, 0.05) is 25.2 Å². The number of alkyl halides is 8. The number of halogens is 8. The van der Waals surface area contributed by atoms with Gasteiger partial charge in [-0.25, -0.2) is 13.8 Å². The Labute approximate surface area is 267 Å². The molecule has 17 heteroatoms. The lowest BCUT2D eigenvalue weighted by Crippen LogP contribution is -2.28. The molecule has 1 aliphatic rings. The Bertz CT molecular complexity index is 1800. The second-order valence-electron chi connectivity index (χ2n) is 11.1. The zero-order chi connectivity index (χ0) is 34.8. The Hall–Kier alpha value is -4.96. The Morgan fingerprint density at radius 2 is 1.65 bits per heavy atom. The molecule has 2 aromatic heterocycles. The van der Waals surface area contributed by atoms with Gasteiger partial charge in [0.15, 0.2) is 12.3 Å². The molecule has 48 heavy (non-hydrogen) atoms. The van der Waals surface area contributed by atoms with E-state index in [0.717, 1.165) is 62.1 Å². The Kier molecular flexibility index (Phi) is 9.77. The number of pyridine rings is 1. The molecule has 2 amide bonds. The van der Waals surface area contributed by atoms with Gasteiger partial charge in [-0.2, -0.15) is 31.3 Å². The summed E-state index contributed by atoms with van der Waals surface area (Å²) in [7, 11) is 1.38. The molecule has 0 bridgehead atoms. The van der Waals surface area contributed by atoms with Crippen molar-refractivity contribution in [2.75, 3.05) is 17.2 Å². The molecule has 2 heterocycles. The molecule has 0 radical (unpaired) electrons. The van der Waals surface area contributed by atoms with Crippen molar-refractivity contribution in [1.29, 1.82) is 0 Å². The Morgan fingerprint density at radius 3 is 2.27 bits per heavy atom. The minimum absolute atomic E-state index is 0.0194. The van der Waals surface area contributed by atoms with Crippen molar-refractivity contribution >= 4 is 40.3 Å². The first kappa shape index (κ1) is 34.4. The van der Waals surface area contributed by atoms with E-state index in [1.54, 1.807) is 0 Å². The van der Waals surface area contributed by atoms with Crippen LogP contribution in [0.1, 0.15) is 52.7 Å². The van der Waals surface area contributed by atoms with Gasteiger partial charge in [0.25, 0.3) is 12.3 Å². The highest BCUT2D eigenvalue weighted by molar-refractivity contribution is 6.07. The average Bonchev–Trinajstić information content (AvgIpc) is 3.66. The van der Waals surface area contributed by atoms with Crippen LogP contribution in [0.5, 0.6) is 5.88 Å². The van der Waals surface area contributed by atoms with E-state index in [4.69, 9.17) is 4.74 Å². The first-order valence-electron chi connectivity index (χ1n) is 14.6. The summed E-state index contributed by atoms with van der Waals surface area (Å²) in [6.07, 6.45) is -9.00. The molecule has 0 spiro atoms. The molecule has 3 N–H and O–H groups in total. The number of imidazole rings is 1. The highest BCUT2D eigenvalue weighted by Crippen LogP contribution is 2.37. The van der Waals surface area contributed by atoms with Crippen LogP contribution in [0.25, 0.3) is 11.2 Å². The third-order valence-corrected chi connectivity index (χ3v) is 7.70. The number of carbonyl (C=O) groups excluding carboxylic acids is 2. The van der Waals surface area contributed by atoms with Crippen molar-refractivity contribution in [2.24, 2.45) is 13.0 Å². The lowest BCUT2D eigenvalue weighted by Gasteiger charge is -2.16. The van der Waals surface area contributed by atoms with Crippen molar-refractivity contribution in [1.82, 2.24) is 19.9 Å². The van der Waals surface area contributed by atoms with Crippen molar-refractivity contribution in [3.05, 3.63) is 70.8 Å². The average molecular weight is 685 g/mol. The van der Waals surface area contributed by atoms with Crippen molar-refractivity contribution in [3.63, 3.8) is 0 Å². The Morgan fingerprint density at radius 1 is 0.958 bits per heavy atom. The minimum Gasteiger partial charge on any atom is -0.471 e. The molecule has 0 saturated heterocycles. The van der Waals surface area contributed by atoms with E-state index in [2.05, 4.69) is 25.9 Å². The maximum Gasteiger partial charge on any atom is 0.418 e. The first-order valence-corrected chi connectivity index (χ1v) is 14.6. The number of anilines is 3. The summed E-state index contributed by atoms with van der Waals surface area (Å²) in [5.74, 6) is -2.04. The number of ether oxygens (including phenoxy) is 1. The van der Waals surface area contributed by atoms with Crippen LogP contribution in [0.15, 0.2) is 48.5 Å². The second-order valence-corrected chi connectivity index (χ2v) is 11.1. The number of hydrogen-bond acceptors (Lipinski definition) is 6. The summed E-state index contributed by atoms with van der Waals surface area (Å²) in [6, 6.07) is 7.86. The fourth-order valence-corrected chi connectivity index (χ4v) is 5.26. The molecular formula is C31H28F8N6O3. The molecule has 0 atom stereocenters. The van der Waals surface area contributed by atoms with Crippen molar-refractivity contribution in [2.45, 2.75) is 51.0 Å². The fraction of sp³-hybridized carbons (Fsp3) is 0.355. The van der Waals surface area contributed by atoms with E-state index in [-0.39, 0.29) is 41.2 Å². The van der Waals surface area contributed by atoms with E-state index in [0.29, 0.717) is 5.56 Å². The van der Waals surface area contributed by atoms with Gasteiger partial charge < -0.3 is 20.7 Å². The van der Waals surface area contributed by atoms with E-state index >= 15 is 0 Å². The van der Waals surface area contributed by atoms with Crippen LogP contribution in [-0.4, -0.2) is 39.4 Å². The van der Waals surface area contributed by atoms with Crippen LogP contribution in [0, 0.1) is 5.92 Å². The number of aryl methyl sites for hydroxylation is 1. The van der Waals surface area contributed by atoms with Gasteiger partial charge in [0.2, 0.25) is 17.7 Å². The van der Waals surface area contributed by atoms with E-state index < -0.39 is 59.5 Å². The number of nitrogens with zero attached hydrogens (tertiary/aromatic N) is 3. The lowest BCUT2D eigenvalue weighted by molar-refractivity contribution is -0.138. The van der Waals surface area contributed by atoms with E-state index in [9.17, 15) is 44.7 Å². The molecule has 1 fully saturated rings. The summed E-state index contributed by atoms with van der Waals surface area (Å²) in [4.78, 5) is 34.0. The number of amides is 2. The molecule has 2 aromatic carbocycles. The smallest absolute Gasteiger partial charge is 0.418 e. The largest absolute Gasteiger partial charge is 0.471 e. The monoisotopic (exact) mass is 684 g/mol. The van der Waals surface area contributed by atoms with Gasteiger partial charge in [-0.15, -0.1) is 0 Å². The van der Waals surface area contributed by atoms with Gasteiger partial charge in [-0.1, -0.05) is 18.9 Å². The van der Waals surface area contributed by atoms with Crippen LogP contribution in [0.4, 0.5) is 52.4 Å². The molecular weight excluding hydrogens is 656 g/mol. The van der Waals surface area contributed by atoms with Crippen molar-refractivity contribution < 1.29 is 49.4 Å². The quantitative estimate of drug-likeness (QED) is 0.150. The SMILES string of the molecule is Cn1c(Nc2cc(CNC(=O)C3CCCC3)ccc2C(F)(F)F)nc2cc(C(=O)Nc3ccc(C(F)(F)F)cc3)c(OCC(F)F)nc21. The number of hydrogen-bond donors (Lipinski definition) is 3. The Balaban J connectivity index is 1.45. The van der Waals surface area contributed by atoms with Crippen molar-refractivity contribution in [3.8, 4) is 5.88 Å². The standard InChI is InChI=1S/C31H28F8N6O3/c1-45-25-23(13-20(28(44-25)48-15-24(32)33)27(47)41-19-9-7-18(8-10-19)30(34,35)36)43-29(45)42-22-12-16(6-11-21(22)31(37,38)39)14-40-26(46)17-4-2-3-5-17/h6-13,17,24H,2-5,14-15H2,1H3,(H,40,46)(H,41,47)(H,42,43). The molecule has 4 aromatic rings. The topological polar surface area (TPSA) is 110 Å². The summed E-state index contributed by atoms with van der Waals surface area (Å²) >= 11 is 0. The molecule has 1 aliphatic carbocycles. The van der Waals surface area contributed by atoms with Crippen LogP contribution >= 0.6 is 0 Å². The number of rotatable bonds is 10. The van der Waals surface area contributed by atoms with Crippen LogP contribution in [-0.2, 0) is 30.7 Å². The third-order valence-electron chi connectivity index (χ3n) is 7.70. The van der Waals surface area contributed by atoms with Gasteiger partial charge in [0.1, 0.15) is 11.1 Å². The molecule has 256 valence electrons. The summed E-state index contributed by atoms with van der Waals surface area (Å²) in [6.45, 7) is -1.18. The zero-order valence-corrected chi connectivity index (χ0v) is 25.1. The fourth-order valence-electron chi connectivity index (χ4n) is 5.26. The van der Waals surface area contributed by atoms with Gasteiger partial charge >= 0.3 is 12.4 Å². The highest BCUT2D eigenvalue weighted by atomic mass is 19.4. The van der Waals surface area contributed by atoms with Crippen LogP contribution in [0.3, 0.4) is 0 Å². The predicted octanol–water partition coefficient (Wildman–Crippen LogP) is 7.45. The van der Waals surface area contributed by atoms with Gasteiger partial charge in [-0.05, 0) is 60.9 Å². The number of fused-ring (bicyclic) bond motifs is 1.